The first-order valence-electron chi connectivity index (χ1n) is 9.55. The maximum atomic E-state index is 12.4. The van der Waals surface area contributed by atoms with E-state index in [2.05, 4.69) is 20.2 Å². The second-order valence-electron chi connectivity index (χ2n) is 7.00. The summed E-state index contributed by atoms with van der Waals surface area (Å²) < 4.78 is 5.35. The number of hydrogen-bond acceptors (Lipinski definition) is 5. The predicted octanol–water partition coefficient (Wildman–Crippen LogP) is 0.0293. The summed E-state index contributed by atoms with van der Waals surface area (Å²) in [6.45, 7) is 6.36. The first kappa shape index (κ1) is 18.8. The standard InChI is InChI=1S/C18H29N5O3/c24-17-3-2-15(18(25)20-5-4-16-12-19-14-21-16)13-23(17)7-1-6-22-8-10-26-11-9-22/h12,14-15H,1-11,13H2,(H,19,21)(H,20,25)/t15-/m1/s1. The van der Waals surface area contributed by atoms with E-state index in [0.29, 0.717) is 25.9 Å². The molecule has 1 aromatic rings. The number of ether oxygens (including phenoxy) is 1. The van der Waals surface area contributed by atoms with E-state index in [1.165, 1.54) is 0 Å². The Morgan fingerprint density at radius 2 is 2.19 bits per heavy atom. The maximum absolute atomic E-state index is 12.4. The number of nitrogens with zero attached hydrogens (tertiary/aromatic N) is 3. The van der Waals surface area contributed by atoms with Crippen LogP contribution >= 0.6 is 0 Å². The van der Waals surface area contributed by atoms with Gasteiger partial charge in [0, 0.05) is 64.0 Å². The van der Waals surface area contributed by atoms with Gasteiger partial charge in [0.15, 0.2) is 0 Å². The second-order valence-corrected chi connectivity index (χ2v) is 7.00. The number of hydrogen-bond donors (Lipinski definition) is 2. The van der Waals surface area contributed by atoms with Crippen LogP contribution < -0.4 is 5.32 Å². The largest absolute Gasteiger partial charge is 0.379 e. The maximum Gasteiger partial charge on any atom is 0.224 e. The number of nitrogens with one attached hydrogen (secondary N) is 2. The normalized spacial score (nSPS) is 21.8. The van der Waals surface area contributed by atoms with E-state index < -0.39 is 0 Å². The second kappa shape index (κ2) is 9.68. The minimum absolute atomic E-state index is 0.0511. The van der Waals surface area contributed by atoms with Crippen LogP contribution in [0.4, 0.5) is 0 Å². The molecule has 3 heterocycles. The number of piperidine rings is 1. The topological polar surface area (TPSA) is 90.6 Å². The molecule has 3 rings (SSSR count). The minimum atomic E-state index is -0.0992. The number of carbonyl (C=O) groups excluding carboxylic acids is 2. The third-order valence-electron chi connectivity index (χ3n) is 5.13. The minimum Gasteiger partial charge on any atom is -0.379 e. The van der Waals surface area contributed by atoms with Gasteiger partial charge in [-0.2, -0.15) is 0 Å². The quantitative estimate of drug-likeness (QED) is 0.680. The Bertz CT molecular complexity index is 571. The number of amides is 2. The van der Waals surface area contributed by atoms with E-state index in [1.54, 1.807) is 12.5 Å². The Kier molecular flexibility index (Phi) is 7.02. The number of aromatic nitrogens is 2. The van der Waals surface area contributed by atoms with Gasteiger partial charge in [-0.1, -0.05) is 0 Å². The van der Waals surface area contributed by atoms with Crippen molar-refractivity contribution < 1.29 is 14.3 Å². The van der Waals surface area contributed by atoms with Crippen LogP contribution in [-0.4, -0.2) is 84.1 Å². The molecular weight excluding hydrogens is 334 g/mol. The summed E-state index contributed by atoms with van der Waals surface area (Å²) in [4.78, 5) is 35.8. The highest BCUT2D eigenvalue weighted by Gasteiger charge is 2.29. The summed E-state index contributed by atoms with van der Waals surface area (Å²) in [6.07, 6.45) is 6.20. The van der Waals surface area contributed by atoms with Crippen LogP contribution in [0.25, 0.3) is 0 Å². The number of H-pyrrole nitrogens is 1. The molecule has 2 aliphatic heterocycles. The van der Waals surface area contributed by atoms with Gasteiger partial charge in [0.1, 0.15) is 0 Å². The van der Waals surface area contributed by atoms with Gasteiger partial charge < -0.3 is 19.9 Å². The summed E-state index contributed by atoms with van der Waals surface area (Å²) in [5.41, 5.74) is 1.01. The van der Waals surface area contributed by atoms with Gasteiger partial charge in [-0.25, -0.2) is 4.98 Å². The van der Waals surface area contributed by atoms with E-state index in [9.17, 15) is 9.59 Å². The number of likely N-dealkylation sites (tertiary alicyclic amines) is 1. The van der Waals surface area contributed by atoms with Gasteiger partial charge >= 0.3 is 0 Å². The highest BCUT2D eigenvalue weighted by Crippen LogP contribution is 2.18. The lowest BCUT2D eigenvalue weighted by Crippen LogP contribution is -2.47. The van der Waals surface area contributed by atoms with Crippen LogP contribution in [0, 0.1) is 5.92 Å². The smallest absolute Gasteiger partial charge is 0.224 e. The average Bonchev–Trinajstić information content (AvgIpc) is 3.17. The fraction of sp³-hybridized carbons (Fsp3) is 0.722. The molecule has 0 aliphatic carbocycles. The summed E-state index contributed by atoms with van der Waals surface area (Å²) in [6, 6.07) is 0. The lowest BCUT2D eigenvalue weighted by molar-refractivity contribution is -0.138. The summed E-state index contributed by atoms with van der Waals surface area (Å²) >= 11 is 0. The molecule has 1 aromatic heterocycles. The van der Waals surface area contributed by atoms with Crippen LogP contribution in [0.15, 0.2) is 12.5 Å². The van der Waals surface area contributed by atoms with Crippen molar-refractivity contribution in [3.8, 4) is 0 Å². The summed E-state index contributed by atoms with van der Waals surface area (Å²) in [5.74, 6) is 0.126. The predicted molar refractivity (Wildman–Crippen MR) is 96.5 cm³/mol. The number of aromatic amines is 1. The first-order chi connectivity index (χ1) is 12.7. The molecule has 8 heteroatoms. The van der Waals surface area contributed by atoms with Crippen molar-refractivity contribution in [2.75, 3.05) is 52.5 Å². The fourth-order valence-electron chi connectivity index (χ4n) is 3.54. The number of morpholine rings is 1. The van der Waals surface area contributed by atoms with Crippen LogP contribution in [0.3, 0.4) is 0 Å². The van der Waals surface area contributed by atoms with Gasteiger partial charge in [0.05, 0.1) is 25.5 Å². The zero-order chi connectivity index (χ0) is 18.2. The zero-order valence-electron chi connectivity index (χ0n) is 15.3. The molecule has 1 atom stereocenters. The van der Waals surface area contributed by atoms with Crippen molar-refractivity contribution in [1.82, 2.24) is 25.1 Å². The van der Waals surface area contributed by atoms with Gasteiger partial charge in [-0.15, -0.1) is 0 Å². The zero-order valence-corrected chi connectivity index (χ0v) is 15.3. The van der Waals surface area contributed by atoms with Crippen molar-refractivity contribution in [1.29, 1.82) is 0 Å². The van der Waals surface area contributed by atoms with Gasteiger partial charge in [0.25, 0.3) is 0 Å². The van der Waals surface area contributed by atoms with Gasteiger partial charge in [-0.05, 0) is 12.8 Å². The molecule has 2 amide bonds. The Morgan fingerprint density at radius 1 is 1.35 bits per heavy atom. The van der Waals surface area contributed by atoms with Gasteiger partial charge in [-0.3, -0.25) is 14.5 Å². The molecule has 0 saturated carbocycles. The lowest BCUT2D eigenvalue weighted by atomic mass is 9.96. The van der Waals surface area contributed by atoms with Crippen molar-refractivity contribution >= 4 is 11.8 Å². The van der Waals surface area contributed by atoms with E-state index in [1.807, 2.05) is 4.90 Å². The van der Waals surface area contributed by atoms with Crippen molar-refractivity contribution in [3.63, 3.8) is 0 Å². The van der Waals surface area contributed by atoms with Crippen LogP contribution in [0.5, 0.6) is 0 Å². The Labute approximate surface area is 154 Å². The average molecular weight is 363 g/mol. The molecular formula is C18H29N5O3. The van der Waals surface area contributed by atoms with Crippen LogP contribution in [0.2, 0.25) is 0 Å². The Balaban J connectivity index is 1.37. The molecule has 8 nitrogen and oxygen atoms in total. The van der Waals surface area contributed by atoms with Crippen LogP contribution in [0.1, 0.15) is 25.0 Å². The Hall–Kier alpha value is -1.93. The number of imidazole rings is 1. The number of carbonyl (C=O) groups is 2. The molecule has 0 unspecified atom stereocenters. The third kappa shape index (κ3) is 5.54. The molecule has 144 valence electrons. The molecule has 26 heavy (non-hydrogen) atoms. The summed E-state index contributed by atoms with van der Waals surface area (Å²) in [7, 11) is 0. The fourth-order valence-corrected chi connectivity index (χ4v) is 3.54. The molecule has 0 aromatic carbocycles. The summed E-state index contributed by atoms with van der Waals surface area (Å²) in [5, 5.41) is 2.99. The Morgan fingerprint density at radius 3 is 2.96 bits per heavy atom. The molecule has 2 fully saturated rings. The van der Waals surface area contributed by atoms with E-state index in [4.69, 9.17) is 4.74 Å². The number of rotatable bonds is 8. The van der Waals surface area contributed by atoms with Crippen LogP contribution in [-0.2, 0) is 20.7 Å². The molecule has 2 saturated heterocycles. The lowest BCUT2D eigenvalue weighted by Gasteiger charge is -2.33. The van der Waals surface area contributed by atoms with Crippen molar-refractivity contribution in [2.45, 2.75) is 25.7 Å². The monoisotopic (exact) mass is 363 g/mol. The van der Waals surface area contributed by atoms with E-state index in [-0.39, 0.29) is 17.7 Å². The van der Waals surface area contributed by atoms with Gasteiger partial charge in [0.2, 0.25) is 11.8 Å². The third-order valence-corrected chi connectivity index (χ3v) is 5.13. The molecule has 0 spiro atoms. The van der Waals surface area contributed by atoms with Crippen molar-refractivity contribution in [2.24, 2.45) is 5.92 Å². The van der Waals surface area contributed by atoms with E-state index >= 15 is 0 Å². The highest BCUT2D eigenvalue weighted by atomic mass is 16.5. The van der Waals surface area contributed by atoms with Crippen molar-refractivity contribution in [3.05, 3.63) is 18.2 Å². The molecule has 0 bridgehead atoms. The highest BCUT2D eigenvalue weighted by molar-refractivity contribution is 5.83. The molecule has 2 N–H and O–H groups in total. The SMILES string of the molecule is O=C(NCCc1cnc[nH]1)[C@@H]1CCC(=O)N(CCCN2CCOCC2)C1. The van der Waals surface area contributed by atoms with E-state index in [0.717, 1.165) is 57.9 Å². The first-order valence-corrected chi connectivity index (χ1v) is 9.55. The molecule has 0 radical (unpaired) electrons. The molecule has 2 aliphatic rings.